The highest BCUT2D eigenvalue weighted by molar-refractivity contribution is 6.14. The van der Waals surface area contributed by atoms with Crippen molar-refractivity contribution in [2.75, 3.05) is 0 Å². The minimum Gasteiger partial charge on any atom is -0.354 e. The lowest BCUT2D eigenvalue weighted by atomic mass is 9.91. The topological polar surface area (TPSA) is 162 Å². The molecule has 0 aliphatic carbocycles. The molecule has 0 spiro atoms. The largest absolute Gasteiger partial charge is 0.354 e. The molecule has 24 bridgehead atoms. The number of pyridine rings is 6. The number of aromatic nitrogens is 9. The number of nitrogens with one attached hydrogen (secondary N) is 3. The van der Waals surface area contributed by atoms with Crippen LogP contribution in [-0.4, -0.2) is 62.0 Å². The number of allylic oxidation sites excluding steroid dienone is 6. The Morgan fingerprint density at radius 3 is 0.854 bits per heavy atom. The molecule has 96 heavy (non-hydrogen) atoms. The van der Waals surface area contributed by atoms with E-state index in [0.717, 1.165) is 169 Å². The summed E-state index contributed by atoms with van der Waals surface area (Å²) in [6.07, 6.45) is 22.0. The molecule has 3 aromatic carbocycles. The van der Waals surface area contributed by atoms with E-state index >= 15 is 0 Å². The van der Waals surface area contributed by atoms with Crippen LogP contribution >= 0.6 is 0 Å². The summed E-state index contributed by atoms with van der Waals surface area (Å²) in [4.78, 5) is 57.4. The average molecular weight is 1240 g/mol. The number of rotatable bonds is 3. The molecule has 0 saturated heterocycles. The van der Waals surface area contributed by atoms with Gasteiger partial charge in [-0.15, -0.1) is 0 Å². The molecule has 0 fully saturated rings. The summed E-state index contributed by atoms with van der Waals surface area (Å²) in [7, 11) is 0. The monoisotopic (exact) mass is 1240 g/mol. The molecule has 0 unspecified atom stereocenters. The Balaban J connectivity index is 0.796. The number of H-pyrrole nitrogens is 3. The normalized spacial score (nSPS) is 16.3. The number of hydrogen-bond acceptors (Lipinski definition) is 9. The molecular weight excluding hydrogens is 1180 g/mol. The van der Waals surface area contributed by atoms with E-state index in [9.17, 15) is 0 Å². The van der Waals surface area contributed by atoms with Crippen LogP contribution in [0.25, 0.3) is 84.7 Å². The molecule has 0 radical (unpaired) electrons. The van der Waals surface area contributed by atoms with Crippen molar-refractivity contribution in [3.8, 4) is 67.9 Å². The molecule has 21 rings (SSSR count). The SMILES string of the molecule is Cc1cc(C)c(/C2=C3\C=CC(=N3)c3ccc(nc3)-c3ccc(cn3)-c3ccc([nH]3)/C(c3c(C)cc(C)cc3C)=C3/C=CC(=N3)c3cccc(n3)-c3ccc(cn3)-c3ccc([nH]3)/C(c3c(C)cc(C)cc3C)=C3/C=CC(=N3)c3ccc(nc3)-c3ccc(cn3)-c3ccc2[nH]3)c(C)c1. The van der Waals surface area contributed by atoms with E-state index in [2.05, 4.69) is 217 Å². The Hall–Kier alpha value is -12.2. The van der Waals surface area contributed by atoms with E-state index in [-0.39, 0.29) is 0 Å². The standard InChI is InChI=1S/C84H66N12/c1-46-35-49(4)79(50(5)36-46)82-73-29-23-60(90-73)55-13-18-65(85-41-55)66-19-14-57(43-86-66)62-25-31-75(92-62)83(80-51(6)37-47(2)38-52(80)7)76-32-26-64(93-76)59-17-22-69(89-45-59)70-11-10-12-71(95-70)72-28-34-78(96-72)84(81-53(8)39-48(3)40-54(81)9)77-33-27-63(94-77)58-16-21-68(88-44-58)67-20-15-56(42-87-67)61-24-30-74(82)91-61/h10-45,90,93-94H,1-9H3/b82-74+,83-75+,84-78+. The Morgan fingerprint density at radius 2 is 0.531 bits per heavy atom. The van der Waals surface area contributed by atoms with Gasteiger partial charge < -0.3 is 15.0 Å². The van der Waals surface area contributed by atoms with Gasteiger partial charge in [0.05, 0.1) is 74.1 Å². The van der Waals surface area contributed by atoms with Crippen LogP contribution in [0.1, 0.15) is 101 Å². The molecular formula is C84H66N12. The van der Waals surface area contributed by atoms with Crippen molar-refractivity contribution in [3.63, 3.8) is 0 Å². The fourth-order valence-electron chi connectivity index (χ4n) is 14.2. The van der Waals surface area contributed by atoms with Gasteiger partial charge in [0.1, 0.15) is 0 Å². The Labute approximate surface area is 557 Å². The first-order chi connectivity index (χ1) is 46.7. The third kappa shape index (κ3) is 10.9. The van der Waals surface area contributed by atoms with Crippen LogP contribution < -0.4 is 0 Å². The fourth-order valence-corrected chi connectivity index (χ4v) is 14.2. The average Bonchev–Trinajstić information content (AvgIpc) is 1.63. The minimum absolute atomic E-state index is 0.748. The Bertz CT molecular complexity index is 5420. The van der Waals surface area contributed by atoms with Crippen LogP contribution in [0.3, 0.4) is 0 Å². The fraction of sp³-hybridized carbons (Fsp3) is 0.107. The van der Waals surface area contributed by atoms with E-state index < -0.39 is 0 Å². The molecule has 12 aromatic rings. The highest BCUT2D eigenvalue weighted by Gasteiger charge is 2.26. The van der Waals surface area contributed by atoms with Crippen LogP contribution in [0.2, 0.25) is 0 Å². The van der Waals surface area contributed by atoms with Crippen LogP contribution in [0, 0.1) is 62.3 Å². The summed E-state index contributed by atoms with van der Waals surface area (Å²) < 4.78 is 0. The van der Waals surface area contributed by atoms with Gasteiger partial charge in [0, 0.05) is 110 Å². The predicted molar refractivity (Wildman–Crippen MR) is 389 cm³/mol. The zero-order valence-electron chi connectivity index (χ0n) is 54.8. The van der Waals surface area contributed by atoms with Gasteiger partial charge in [0.2, 0.25) is 0 Å². The highest BCUT2D eigenvalue weighted by atomic mass is 14.9. The van der Waals surface area contributed by atoms with Crippen molar-refractivity contribution in [3.05, 3.63) is 337 Å². The highest BCUT2D eigenvalue weighted by Crippen LogP contribution is 2.41. The first kappa shape index (κ1) is 58.9. The van der Waals surface area contributed by atoms with E-state index in [0.29, 0.717) is 0 Å². The lowest BCUT2D eigenvalue weighted by molar-refractivity contribution is 1.22. The van der Waals surface area contributed by atoms with Crippen LogP contribution in [0.5, 0.6) is 0 Å². The number of hydrogen-bond donors (Lipinski definition) is 3. The molecule has 9 aromatic heterocycles. The molecule has 12 heteroatoms. The molecule has 462 valence electrons. The van der Waals surface area contributed by atoms with E-state index in [1.807, 2.05) is 79.5 Å². The van der Waals surface area contributed by atoms with Gasteiger partial charge >= 0.3 is 0 Å². The number of nitrogens with zero attached hydrogens (tertiary/aromatic N) is 9. The summed E-state index contributed by atoms with van der Waals surface area (Å²) >= 11 is 0. The molecule has 18 heterocycles. The molecule has 9 aliphatic heterocycles. The molecule has 0 saturated carbocycles. The summed E-state index contributed by atoms with van der Waals surface area (Å²) in [5.41, 5.74) is 37.7. The molecule has 0 atom stereocenters. The second-order valence-corrected chi connectivity index (χ2v) is 25.5. The Morgan fingerprint density at radius 1 is 0.250 bits per heavy atom. The number of aryl methyl sites for hydroxylation is 9. The van der Waals surface area contributed by atoms with Crippen molar-refractivity contribution in [1.82, 2.24) is 44.9 Å². The van der Waals surface area contributed by atoms with Crippen molar-refractivity contribution in [1.29, 1.82) is 0 Å². The van der Waals surface area contributed by atoms with Gasteiger partial charge in [-0.3, -0.25) is 24.9 Å². The smallest absolute Gasteiger partial charge is 0.0894 e. The quantitative estimate of drug-likeness (QED) is 0.160. The van der Waals surface area contributed by atoms with E-state index in [1.165, 1.54) is 50.1 Å². The zero-order valence-corrected chi connectivity index (χ0v) is 54.8. The molecule has 9 aliphatic rings. The van der Waals surface area contributed by atoms with Gasteiger partial charge in [-0.1, -0.05) is 59.2 Å². The number of aromatic amines is 3. The maximum absolute atomic E-state index is 5.35. The summed E-state index contributed by atoms with van der Waals surface area (Å²) in [6, 6.07) is 52.8. The summed E-state index contributed by atoms with van der Waals surface area (Å²) in [6.45, 7) is 19.5. The van der Waals surface area contributed by atoms with Crippen LogP contribution in [-0.2, 0) is 0 Å². The van der Waals surface area contributed by atoms with Gasteiger partial charge in [0.15, 0.2) is 0 Å². The third-order valence-corrected chi connectivity index (χ3v) is 18.5. The van der Waals surface area contributed by atoms with Crippen molar-refractivity contribution in [2.45, 2.75) is 62.3 Å². The maximum atomic E-state index is 5.35. The first-order valence-electron chi connectivity index (χ1n) is 32.4. The van der Waals surface area contributed by atoms with Crippen LogP contribution in [0.15, 0.2) is 251 Å². The van der Waals surface area contributed by atoms with Crippen LogP contribution in [0.4, 0.5) is 0 Å². The second kappa shape index (κ2) is 23.8. The number of fused-ring (bicyclic) bond motifs is 5. The van der Waals surface area contributed by atoms with Gasteiger partial charge in [-0.2, -0.15) is 0 Å². The van der Waals surface area contributed by atoms with Crippen molar-refractivity contribution in [2.24, 2.45) is 15.0 Å². The summed E-state index contributed by atoms with van der Waals surface area (Å²) in [5.74, 6) is 0. The van der Waals surface area contributed by atoms with Gasteiger partial charge in [-0.25, -0.2) is 20.0 Å². The van der Waals surface area contributed by atoms with E-state index in [1.54, 1.807) is 0 Å². The third-order valence-electron chi connectivity index (χ3n) is 18.5. The lowest BCUT2D eigenvalue weighted by Gasteiger charge is -2.16. The van der Waals surface area contributed by atoms with Gasteiger partial charge in [-0.05, 0) is 258 Å². The molecule has 0 amide bonds. The van der Waals surface area contributed by atoms with Crippen molar-refractivity contribution >= 4 is 33.9 Å². The maximum Gasteiger partial charge on any atom is 0.0894 e. The second-order valence-electron chi connectivity index (χ2n) is 25.5. The lowest BCUT2D eigenvalue weighted by Crippen LogP contribution is -2.01. The summed E-state index contributed by atoms with van der Waals surface area (Å²) in [5, 5.41) is 0. The first-order valence-corrected chi connectivity index (χ1v) is 32.4. The molecule has 12 nitrogen and oxygen atoms in total. The number of aliphatic imine (C=N–C) groups is 3. The zero-order chi connectivity index (χ0) is 65.5. The Kier molecular flexibility index (Phi) is 14.6. The predicted octanol–water partition coefficient (Wildman–Crippen LogP) is 18.6. The van der Waals surface area contributed by atoms with Gasteiger partial charge in [0.25, 0.3) is 0 Å². The number of benzene rings is 3. The molecule has 3 N–H and O–H groups in total. The minimum atomic E-state index is 0.748. The van der Waals surface area contributed by atoms with Crippen molar-refractivity contribution < 1.29 is 0 Å². The van der Waals surface area contributed by atoms with E-state index in [4.69, 9.17) is 44.9 Å².